The molecule has 0 atom stereocenters. The van der Waals surface area contributed by atoms with E-state index in [1.807, 2.05) is 0 Å². The van der Waals surface area contributed by atoms with Crippen molar-refractivity contribution in [3.05, 3.63) is 54.1 Å². The van der Waals surface area contributed by atoms with E-state index in [0.717, 1.165) is 11.1 Å². The predicted molar refractivity (Wildman–Crippen MR) is 101 cm³/mol. The van der Waals surface area contributed by atoms with E-state index in [1.54, 1.807) is 42.5 Å². The van der Waals surface area contributed by atoms with E-state index < -0.39 is 0 Å². The zero-order valence-corrected chi connectivity index (χ0v) is 13.8. The quantitative estimate of drug-likeness (QED) is 0.312. The maximum Gasteiger partial charge on any atom is 0.181 e. The average Bonchev–Trinajstić information content (AvgIpc) is 2.63. The number of hydrogen-bond acceptors (Lipinski definition) is 7. The number of benzene rings is 3. The highest BCUT2D eigenvalue weighted by Gasteiger charge is 2.13. The molecule has 0 fully saturated rings. The van der Waals surface area contributed by atoms with Crippen LogP contribution in [-0.2, 0) is 6.61 Å². The Hall–Kier alpha value is -3.74. The third-order valence-electron chi connectivity index (χ3n) is 4.09. The summed E-state index contributed by atoms with van der Waals surface area (Å²) < 4.78 is 5.67. The van der Waals surface area contributed by atoms with Crippen LogP contribution in [0.15, 0.2) is 48.5 Å². The molecule has 7 nitrogen and oxygen atoms in total. The van der Waals surface area contributed by atoms with Crippen LogP contribution in [0.4, 0.5) is 17.1 Å². The molecule has 0 unspecified atom stereocenters. The van der Waals surface area contributed by atoms with Gasteiger partial charge in [-0.2, -0.15) is 0 Å². The van der Waals surface area contributed by atoms with Crippen molar-refractivity contribution >= 4 is 17.1 Å². The van der Waals surface area contributed by atoms with Gasteiger partial charge in [0.05, 0.1) is 17.1 Å². The van der Waals surface area contributed by atoms with E-state index in [4.69, 9.17) is 21.9 Å². The molecule has 3 rings (SSSR count). The van der Waals surface area contributed by atoms with Gasteiger partial charge in [-0.05, 0) is 42.0 Å². The lowest BCUT2D eigenvalue weighted by molar-refractivity contribution is 0.307. The number of phenolic OH excluding ortho intramolecular Hbond substituents is 3. The molecule has 0 saturated heterocycles. The third kappa shape index (κ3) is 3.10. The Morgan fingerprint density at radius 2 is 1.42 bits per heavy atom. The molecule has 3 aromatic rings. The summed E-state index contributed by atoms with van der Waals surface area (Å²) in [5.41, 5.74) is 20.7. The van der Waals surface area contributed by atoms with Crippen molar-refractivity contribution in [2.24, 2.45) is 0 Å². The van der Waals surface area contributed by atoms with Gasteiger partial charge in [0.15, 0.2) is 11.5 Å². The number of hydrogen-bond donors (Lipinski definition) is 6. The van der Waals surface area contributed by atoms with Crippen LogP contribution in [0.25, 0.3) is 11.1 Å². The van der Waals surface area contributed by atoms with Crippen LogP contribution in [0.5, 0.6) is 23.0 Å². The number of rotatable bonds is 4. The molecule has 0 spiro atoms. The number of aromatic hydroxyl groups is 3. The molecular weight excluding hydrogens is 334 g/mol. The van der Waals surface area contributed by atoms with E-state index in [9.17, 15) is 15.3 Å². The Labute approximate surface area is 149 Å². The van der Waals surface area contributed by atoms with Crippen LogP contribution in [-0.4, -0.2) is 15.3 Å². The summed E-state index contributed by atoms with van der Waals surface area (Å²) in [5, 5.41) is 28.5. The monoisotopic (exact) mass is 353 g/mol. The van der Waals surface area contributed by atoms with Crippen molar-refractivity contribution in [1.82, 2.24) is 0 Å². The molecule has 9 N–H and O–H groups in total. The van der Waals surface area contributed by atoms with Crippen molar-refractivity contribution < 1.29 is 20.1 Å². The molecule has 0 bridgehead atoms. The molecule has 0 amide bonds. The number of anilines is 3. The largest absolute Gasteiger partial charge is 0.508 e. The van der Waals surface area contributed by atoms with Crippen molar-refractivity contribution in [2.75, 3.05) is 17.2 Å². The maximum atomic E-state index is 9.67. The van der Waals surface area contributed by atoms with Gasteiger partial charge in [0.2, 0.25) is 0 Å². The molecule has 3 aromatic carbocycles. The number of phenols is 3. The first-order chi connectivity index (χ1) is 12.4. The van der Waals surface area contributed by atoms with Gasteiger partial charge >= 0.3 is 0 Å². The fourth-order valence-corrected chi connectivity index (χ4v) is 2.55. The van der Waals surface area contributed by atoms with Crippen LogP contribution >= 0.6 is 0 Å². The third-order valence-corrected chi connectivity index (χ3v) is 4.09. The second-order valence-corrected chi connectivity index (χ2v) is 5.78. The summed E-state index contributed by atoms with van der Waals surface area (Å²) in [6, 6.07) is 12.9. The molecule has 7 heteroatoms. The zero-order chi connectivity index (χ0) is 18.8. The highest BCUT2D eigenvalue weighted by Crippen LogP contribution is 2.38. The van der Waals surface area contributed by atoms with E-state index in [2.05, 4.69) is 0 Å². The van der Waals surface area contributed by atoms with E-state index in [-0.39, 0.29) is 35.2 Å². The van der Waals surface area contributed by atoms with Crippen molar-refractivity contribution in [2.45, 2.75) is 6.61 Å². The Kier molecular flexibility index (Phi) is 4.36. The number of nitrogen functional groups attached to an aromatic ring is 3. The fraction of sp³-hybridized carbons (Fsp3) is 0.0526. The molecule has 0 radical (unpaired) electrons. The van der Waals surface area contributed by atoms with Gasteiger partial charge in [0, 0.05) is 11.1 Å². The first-order valence-corrected chi connectivity index (χ1v) is 7.78. The summed E-state index contributed by atoms with van der Waals surface area (Å²) in [6.45, 7) is 0.0435. The minimum absolute atomic E-state index is 0.0391. The molecule has 0 aromatic heterocycles. The highest BCUT2D eigenvalue weighted by molar-refractivity contribution is 5.87. The Balaban J connectivity index is 1.85. The van der Waals surface area contributed by atoms with Gasteiger partial charge < -0.3 is 37.3 Å². The first-order valence-electron chi connectivity index (χ1n) is 7.78. The Morgan fingerprint density at radius 1 is 0.731 bits per heavy atom. The van der Waals surface area contributed by atoms with Crippen LogP contribution in [0, 0.1) is 0 Å². The van der Waals surface area contributed by atoms with Crippen LogP contribution in [0.3, 0.4) is 0 Å². The van der Waals surface area contributed by atoms with Gasteiger partial charge in [-0.15, -0.1) is 0 Å². The lowest BCUT2D eigenvalue weighted by Crippen LogP contribution is -2.04. The summed E-state index contributed by atoms with van der Waals surface area (Å²) in [4.78, 5) is 0. The fourth-order valence-electron chi connectivity index (χ4n) is 2.55. The average molecular weight is 353 g/mol. The highest BCUT2D eigenvalue weighted by atomic mass is 16.5. The normalized spacial score (nSPS) is 10.6. The SMILES string of the molecule is Nc1c(OCc2ccc(O)c(O)c2N)ccc(-c2ccc(O)cc2)c1N. The maximum absolute atomic E-state index is 9.67. The summed E-state index contributed by atoms with van der Waals surface area (Å²) in [5.74, 6) is -0.151. The van der Waals surface area contributed by atoms with E-state index in [0.29, 0.717) is 17.0 Å². The van der Waals surface area contributed by atoms with E-state index >= 15 is 0 Å². The second kappa shape index (κ2) is 6.64. The standard InChI is InChI=1S/C19H19N3O4/c20-16-11(3-7-14(24)19(16)25)9-26-15-8-6-13(17(21)18(15)22)10-1-4-12(23)5-2-10/h1-8,23-25H,9,20-22H2. The van der Waals surface area contributed by atoms with Gasteiger partial charge in [-0.3, -0.25) is 0 Å². The van der Waals surface area contributed by atoms with Gasteiger partial charge in [-0.1, -0.05) is 12.1 Å². The molecule has 0 saturated carbocycles. The molecule has 0 aliphatic rings. The summed E-state index contributed by atoms with van der Waals surface area (Å²) >= 11 is 0. The molecular formula is C19H19N3O4. The topological polar surface area (TPSA) is 148 Å². The van der Waals surface area contributed by atoms with E-state index in [1.165, 1.54) is 6.07 Å². The molecule has 0 aliphatic heterocycles. The lowest BCUT2D eigenvalue weighted by atomic mass is 10.0. The Morgan fingerprint density at radius 3 is 2.12 bits per heavy atom. The summed E-state index contributed by atoms with van der Waals surface area (Å²) in [7, 11) is 0. The predicted octanol–water partition coefficient (Wildman–Crippen LogP) is 2.80. The molecule has 134 valence electrons. The van der Waals surface area contributed by atoms with Crippen LogP contribution in [0.1, 0.15) is 5.56 Å². The molecule has 0 heterocycles. The minimum atomic E-state index is -0.388. The van der Waals surface area contributed by atoms with Crippen molar-refractivity contribution in [3.63, 3.8) is 0 Å². The Bertz CT molecular complexity index is 956. The van der Waals surface area contributed by atoms with Gasteiger partial charge in [0.25, 0.3) is 0 Å². The number of nitrogens with two attached hydrogens (primary N) is 3. The van der Waals surface area contributed by atoms with Crippen molar-refractivity contribution in [3.8, 4) is 34.1 Å². The van der Waals surface area contributed by atoms with Gasteiger partial charge in [-0.25, -0.2) is 0 Å². The smallest absolute Gasteiger partial charge is 0.181 e. The van der Waals surface area contributed by atoms with Gasteiger partial charge in [0.1, 0.15) is 18.1 Å². The minimum Gasteiger partial charge on any atom is -0.508 e. The van der Waals surface area contributed by atoms with Crippen LogP contribution in [0.2, 0.25) is 0 Å². The first kappa shape index (κ1) is 17.1. The zero-order valence-electron chi connectivity index (χ0n) is 13.8. The van der Waals surface area contributed by atoms with Crippen molar-refractivity contribution in [1.29, 1.82) is 0 Å². The molecule has 26 heavy (non-hydrogen) atoms. The lowest BCUT2D eigenvalue weighted by Gasteiger charge is -2.15. The molecule has 0 aliphatic carbocycles. The summed E-state index contributed by atoms with van der Waals surface area (Å²) in [6.07, 6.45) is 0. The second-order valence-electron chi connectivity index (χ2n) is 5.78. The number of ether oxygens (including phenoxy) is 1. The van der Waals surface area contributed by atoms with Crippen LogP contribution < -0.4 is 21.9 Å².